The van der Waals surface area contributed by atoms with Crippen LogP contribution in [0.25, 0.3) is 0 Å². The Bertz CT molecular complexity index is 514. The van der Waals surface area contributed by atoms with Gasteiger partial charge >= 0.3 is 11.9 Å². The summed E-state index contributed by atoms with van der Waals surface area (Å²) in [5, 5.41) is 17.7. The Hall–Kier alpha value is -1.14. The number of carbonyl (C=O) groups excluding carboxylic acids is 2. The molecule has 4 saturated carbocycles. The highest BCUT2D eigenvalue weighted by Gasteiger charge is 2.58. The van der Waals surface area contributed by atoms with Gasteiger partial charge in [0.25, 0.3) is 0 Å². The van der Waals surface area contributed by atoms with E-state index in [2.05, 4.69) is 0 Å². The zero-order valence-electron chi connectivity index (χ0n) is 18.4. The molecule has 2 N–H and O–H groups in total. The number of aliphatic hydroxyl groups is 2. The molecule has 30 heavy (non-hydrogen) atoms. The van der Waals surface area contributed by atoms with Gasteiger partial charge < -0.3 is 19.7 Å². The van der Waals surface area contributed by atoms with Crippen LogP contribution in [0.1, 0.15) is 89.9 Å². The maximum atomic E-state index is 12.2. The van der Waals surface area contributed by atoms with Gasteiger partial charge in [-0.3, -0.25) is 9.59 Å². The van der Waals surface area contributed by atoms with Crippen molar-refractivity contribution in [2.45, 2.75) is 89.9 Å². The number of carbonyl (C=O) groups is 2. The molecule has 0 spiro atoms. The van der Waals surface area contributed by atoms with Crippen LogP contribution in [0.2, 0.25) is 0 Å². The summed E-state index contributed by atoms with van der Waals surface area (Å²) >= 11 is 0. The minimum Gasteiger partial charge on any atom is -0.465 e. The van der Waals surface area contributed by atoms with Crippen LogP contribution in [0, 0.1) is 22.7 Å². The molecule has 0 saturated heterocycles. The molecular formula is C24H40O6. The van der Waals surface area contributed by atoms with Gasteiger partial charge in [-0.05, 0) is 76.0 Å². The summed E-state index contributed by atoms with van der Waals surface area (Å²) in [5.41, 5.74) is 0.136. The van der Waals surface area contributed by atoms with Gasteiger partial charge in [-0.15, -0.1) is 0 Å². The minimum absolute atomic E-state index is 0.0678. The summed E-state index contributed by atoms with van der Waals surface area (Å²) in [4.78, 5) is 24.3. The molecule has 4 aliphatic carbocycles. The monoisotopic (exact) mass is 424 g/mol. The van der Waals surface area contributed by atoms with Crippen molar-refractivity contribution in [2.24, 2.45) is 22.7 Å². The van der Waals surface area contributed by atoms with E-state index >= 15 is 0 Å². The second-order valence-electron chi connectivity index (χ2n) is 10.4. The lowest BCUT2D eigenvalue weighted by Gasteiger charge is -2.61. The molecular weight excluding hydrogens is 384 g/mol. The number of hydrogen-bond donors (Lipinski definition) is 2. The summed E-state index contributed by atoms with van der Waals surface area (Å²) in [5.74, 6) is 1.09. The van der Waals surface area contributed by atoms with Crippen LogP contribution in [0.3, 0.4) is 0 Å². The zero-order valence-corrected chi connectivity index (χ0v) is 18.4. The highest BCUT2D eigenvalue weighted by molar-refractivity contribution is 5.69. The van der Waals surface area contributed by atoms with E-state index in [4.69, 9.17) is 19.7 Å². The Morgan fingerprint density at radius 1 is 0.700 bits per heavy atom. The van der Waals surface area contributed by atoms with Crippen LogP contribution in [0.4, 0.5) is 0 Å². The molecule has 172 valence electrons. The molecule has 0 heterocycles. The van der Waals surface area contributed by atoms with E-state index in [0.29, 0.717) is 37.9 Å². The summed E-state index contributed by atoms with van der Waals surface area (Å²) in [6.45, 7) is 1.37. The predicted octanol–water partition coefficient (Wildman–Crippen LogP) is 3.76. The fourth-order valence-corrected chi connectivity index (χ4v) is 6.71. The van der Waals surface area contributed by atoms with Gasteiger partial charge in [0.05, 0.1) is 13.2 Å². The van der Waals surface area contributed by atoms with Gasteiger partial charge in [-0.2, -0.15) is 0 Å². The van der Waals surface area contributed by atoms with Crippen LogP contribution in [-0.4, -0.2) is 48.6 Å². The summed E-state index contributed by atoms with van der Waals surface area (Å²) in [6, 6.07) is 0. The summed E-state index contributed by atoms with van der Waals surface area (Å²) < 4.78 is 11.4. The third kappa shape index (κ3) is 6.43. The van der Waals surface area contributed by atoms with Crippen molar-refractivity contribution in [3.8, 4) is 0 Å². The van der Waals surface area contributed by atoms with Crippen LogP contribution in [-0.2, 0) is 19.1 Å². The summed E-state index contributed by atoms with van der Waals surface area (Å²) in [6.07, 6.45) is 12.4. The third-order valence-electron chi connectivity index (χ3n) is 7.46. The van der Waals surface area contributed by atoms with Gasteiger partial charge in [0, 0.05) is 36.9 Å². The van der Waals surface area contributed by atoms with Crippen LogP contribution in [0.15, 0.2) is 0 Å². The first-order valence-electron chi connectivity index (χ1n) is 12.0. The highest BCUT2D eigenvalue weighted by Crippen LogP contribution is 2.65. The lowest BCUT2D eigenvalue weighted by atomic mass is 9.44. The first-order valence-corrected chi connectivity index (χ1v) is 12.0. The van der Waals surface area contributed by atoms with Crippen molar-refractivity contribution in [1.82, 2.24) is 0 Å². The quantitative estimate of drug-likeness (QED) is 0.326. The molecule has 0 aromatic heterocycles. The third-order valence-corrected chi connectivity index (χ3v) is 7.46. The molecule has 0 amide bonds. The van der Waals surface area contributed by atoms with Gasteiger partial charge in [0.2, 0.25) is 0 Å². The van der Waals surface area contributed by atoms with E-state index in [1.807, 2.05) is 0 Å². The number of ether oxygens (including phenoxy) is 2. The molecule has 0 aliphatic heterocycles. The van der Waals surface area contributed by atoms with E-state index in [1.54, 1.807) is 0 Å². The second kappa shape index (κ2) is 10.9. The first-order chi connectivity index (χ1) is 14.5. The van der Waals surface area contributed by atoms with Gasteiger partial charge in [0.15, 0.2) is 0 Å². The van der Waals surface area contributed by atoms with Crippen molar-refractivity contribution in [1.29, 1.82) is 0 Å². The van der Waals surface area contributed by atoms with E-state index in [1.165, 1.54) is 6.42 Å². The van der Waals surface area contributed by atoms with Crippen LogP contribution >= 0.6 is 0 Å². The first kappa shape index (κ1) is 23.5. The fraction of sp³-hybridized carbons (Fsp3) is 0.917. The van der Waals surface area contributed by atoms with Crippen molar-refractivity contribution >= 4 is 11.9 Å². The zero-order chi connectivity index (χ0) is 21.5. The Morgan fingerprint density at radius 3 is 1.53 bits per heavy atom. The average molecular weight is 425 g/mol. The lowest BCUT2D eigenvalue weighted by Crippen LogP contribution is -2.55. The molecule has 0 atom stereocenters. The van der Waals surface area contributed by atoms with Gasteiger partial charge in [0.1, 0.15) is 0 Å². The second-order valence-corrected chi connectivity index (χ2v) is 10.4. The molecule has 0 aromatic carbocycles. The van der Waals surface area contributed by atoms with Crippen molar-refractivity contribution in [3.63, 3.8) is 0 Å². The molecule has 0 unspecified atom stereocenters. The molecule has 6 heteroatoms. The Morgan fingerprint density at radius 2 is 1.13 bits per heavy atom. The van der Waals surface area contributed by atoms with Gasteiger partial charge in [-0.25, -0.2) is 0 Å². The molecule has 0 aromatic rings. The molecule has 0 radical (unpaired) electrons. The number of unbranched alkanes of at least 4 members (excludes halogenated alkanes) is 4. The molecule has 4 fully saturated rings. The fourth-order valence-electron chi connectivity index (χ4n) is 6.71. The number of rotatable bonds is 14. The molecule has 4 rings (SSSR count). The van der Waals surface area contributed by atoms with Crippen LogP contribution in [0.5, 0.6) is 0 Å². The normalized spacial score (nSPS) is 31.7. The molecule has 4 bridgehead atoms. The minimum atomic E-state index is -0.118. The molecule has 4 aliphatic rings. The molecule has 6 nitrogen and oxygen atoms in total. The average Bonchev–Trinajstić information content (AvgIpc) is 2.71. The van der Waals surface area contributed by atoms with E-state index < -0.39 is 0 Å². The smallest absolute Gasteiger partial charge is 0.305 e. The lowest BCUT2D eigenvalue weighted by molar-refractivity contribution is -0.178. The predicted molar refractivity (Wildman–Crippen MR) is 113 cm³/mol. The van der Waals surface area contributed by atoms with Crippen molar-refractivity contribution in [2.75, 3.05) is 26.4 Å². The highest BCUT2D eigenvalue weighted by atomic mass is 16.5. The van der Waals surface area contributed by atoms with Crippen molar-refractivity contribution in [3.05, 3.63) is 0 Å². The topological polar surface area (TPSA) is 93.1 Å². The Kier molecular flexibility index (Phi) is 8.58. The number of aliphatic hydroxyl groups excluding tert-OH is 2. The summed E-state index contributed by atoms with van der Waals surface area (Å²) in [7, 11) is 0. The Balaban J connectivity index is 1.47. The van der Waals surface area contributed by atoms with E-state index in [9.17, 15) is 9.59 Å². The number of esters is 2. The maximum Gasteiger partial charge on any atom is 0.305 e. The van der Waals surface area contributed by atoms with E-state index in [0.717, 1.165) is 70.6 Å². The SMILES string of the molecule is O=C(CCCCCO)OCC12CC3CC(C1)CC(COC(=O)CCCCCO)(C3)C2. The standard InChI is InChI=1S/C24H40O6/c25-9-5-1-3-7-21(27)29-17-23-12-19-11-20(13-23)15-24(14-19,16-23)18-30-22(28)8-4-2-6-10-26/h19-20,25-26H,1-18H2. The largest absolute Gasteiger partial charge is 0.465 e. The van der Waals surface area contributed by atoms with Crippen LogP contribution < -0.4 is 0 Å². The van der Waals surface area contributed by atoms with E-state index in [-0.39, 0.29) is 36.0 Å². The van der Waals surface area contributed by atoms with Crippen molar-refractivity contribution < 1.29 is 29.3 Å². The van der Waals surface area contributed by atoms with Gasteiger partial charge in [-0.1, -0.05) is 12.8 Å². The number of hydrogen-bond acceptors (Lipinski definition) is 6. The Labute approximate surface area is 180 Å². The maximum absolute atomic E-state index is 12.2.